The lowest BCUT2D eigenvalue weighted by Crippen LogP contribution is -2.08. The number of rotatable bonds is 4. The normalized spacial score (nSPS) is 10.6. The Morgan fingerprint density at radius 1 is 1.21 bits per heavy atom. The van der Waals surface area contributed by atoms with Gasteiger partial charge in [-0.1, -0.05) is 28.9 Å². The predicted octanol–water partition coefficient (Wildman–Crippen LogP) is 4.03. The van der Waals surface area contributed by atoms with E-state index in [9.17, 15) is 13.6 Å². The van der Waals surface area contributed by atoms with Gasteiger partial charge in [0.25, 0.3) is 5.89 Å². The molecule has 0 spiro atoms. The molecule has 0 N–H and O–H groups in total. The first kappa shape index (κ1) is 16.1. The van der Waals surface area contributed by atoms with Crippen LogP contribution in [0.25, 0.3) is 11.4 Å². The first-order valence-electron chi connectivity index (χ1n) is 6.73. The summed E-state index contributed by atoms with van der Waals surface area (Å²) in [6.45, 7) is -0.344. The second-order valence-corrected chi connectivity index (χ2v) is 5.16. The average Bonchev–Trinajstić information content (AvgIpc) is 3.01. The van der Waals surface area contributed by atoms with Crippen LogP contribution < -0.4 is 0 Å². The van der Waals surface area contributed by atoms with Crippen molar-refractivity contribution in [2.45, 2.75) is 6.61 Å². The summed E-state index contributed by atoms with van der Waals surface area (Å²) >= 11 is 5.88. The van der Waals surface area contributed by atoms with E-state index < -0.39 is 17.6 Å². The minimum absolute atomic E-state index is 0.0286. The number of ether oxygens (including phenoxy) is 1. The second-order valence-electron chi connectivity index (χ2n) is 4.72. The van der Waals surface area contributed by atoms with Gasteiger partial charge in [-0.2, -0.15) is 4.98 Å². The van der Waals surface area contributed by atoms with Gasteiger partial charge in [0, 0.05) is 16.7 Å². The number of esters is 1. The van der Waals surface area contributed by atoms with E-state index in [1.165, 1.54) is 0 Å². The Labute approximate surface area is 139 Å². The molecule has 1 aromatic heterocycles. The summed E-state index contributed by atoms with van der Waals surface area (Å²) in [6.07, 6.45) is 0. The maximum atomic E-state index is 13.5. The van der Waals surface area contributed by atoms with E-state index in [1.807, 2.05) is 0 Å². The van der Waals surface area contributed by atoms with Crippen molar-refractivity contribution < 1.29 is 22.8 Å². The first-order valence-corrected chi connectivity index (χ1v) is 7.11. The quantitative estimate of drug-likeness (QED) is 0.665. The Balaban J connectivity index is 1.68. The summed E-state index contributed by atoms with van der Waals surface area (Å²) < 4.78 is 36.1. The van der Waals surface area contributed by atoms with Crippen molar-refractivity contribution in [1.82, 2.24) is 10.1 Å². The van der Waals surface area contributed by atoms with Crippen molar-refractivity contribution in [2.24, 2.45) is 0 Å². The van der Waals surface area contributed by atoms with Crippen LogP contribution in [-0.4, -0.2) is 16.1 Å². The van der Waals surface area contributed by atoms with Crippen molar-refractivity contribution >= 4 is 17.6 Å². The van der Waals surface area contributed by atoms with Gasteiger partial charge < -0.3 is 9.26 Å². The van der Waals surface area contributed by atoms with Crippen LogP contribution >= 0.6 is 11.6 Å². The zero-order valence-corrected chi connectivity index (χ0v) is 12.8. The van der Waals surface area contributed by atoms with Gasteiger partial charge in [0.15, 0.2) is 6.61 Å². The number of hydrogen-bond donors (Lipinski definition) is 0. The number of hydrogen-bond acceptors (Lipinski definition) is 5. The average molecular weight is 351 g/mol. The van der Waals surface area contributed by atoms with Crippen molar-refractivity contribution in [1.29, 1.82) is 0 Å². The van der Waals surface area contributed by atoms with Crippen LogP contribution in [0, 0.1) is 11.6 Å². The molecule has 0 amide bonds. The molecule has 0 fully saturated rings. The third kappa shape index (κ3) is 3.57. The Bertz CT molecular complexity index is 899. The van der Waals surface area contributed by atoms with Crippen LogP contribution in [0.4, 0.5) is 8.78 Å². The summed E-state index contributed by atoms with van der Waals surface area (Å²) in [5, 5.41) is 4.26. The molecule has 2 aromatic carbocycles. The highest BCUT2D eigenvalue weighted by atomic mass is 35.5. The zero-order valence-electron chi connectivity index (χ0n) is 12.0. The lowest BCUT2D eigenvalue weighted by Gasteiger charge is -2.03. The Kier molecular flexibility index (Phi) is 4.52. The highest BCUT2D eigenvalue weighted by Gasteiger charge is 2.16. The van der Waals surface area contributed by atoms with E-state index >= 15 is 0 Å². The molecule has 5 nitrogen and oxygen atoms in total. The summed E-state index contributed by atoms with van der Waals surface area (Å²) in [6, 6.07) is 9.37. The van der Waals surface area contributed by atoms with Crippen LogP contribution in [-0.2, 0) is 11.3 Å². The van der Waals surface area contributed by atoms with E-state index in [-0.39, 0.29) is 23.9 Å². The largest absolute Gasteiger partial charge is 0.452 e. The molecule has 0 aliphatic carbocycles. The SMILES string of the molecule is O=C(OCc1nc(-c2cccc(Cl)c2)no1)c1ccc(F)cc1F. The second kappa shape index (κ2) is 6.76. The van der Waals surface area contributed by atoms with Gasteiger partial charge in [-0.3, -0.25) is 0 Å². The number of nitrogens with zero attached hydrogens (tertiary/aromatic N) is 2. The summed E-state index contributed by atoms with van der Waals surface area (Å²) in [5.74, 6) is -2.45. The first-order chi connectivity index (χ1) is 11.5. The fraction of sp³-hybridized carbons (Fsp3) is 0.0625. The highest BCUT2D eigenvalue weighted by Crippen LogP contribution is 2.20. The van der Waals surface area contributed by atoms with Crippen molar-refractivity contribution in [3.8, 4) is 11.4 Å². The third-order valence-electron chi connectivity index (χ3n) is 3.03. The lowest BCUT2D eigenvalue weighted by molar-refractivity contribution is 0.0424. The standard InChI is InChI=1S/C16H9ClF2N2O3/c17-10-3-1-2-9(6-10)15-20-14(24-21-15)8-23-16(22)12-5-4-11(18)7-13(12)19/h1-7H,8H2. The summed E-state index contributed by atoms with van der Waals surface area (Å²) in [7, 11) is 0. The molecule has 0 atom stereocenters. The molecule has 122 valence electrons. The minimum Gasteiger partial charge on any atom is -0.452 e. The maximum Gasteiger partial charge on any atom is 0.341 e. The molecular formula is C16H9ClF2N2O3. The Morgan fingerprint density at radius 2 is 2.04 bits per heavy atom. The van der Waals surface area contributed by atoms with Crippen molar-refractivity contribution in [3.05, 3.63) is 70.6 Å². The summed E-state index contributed by atoms with van der Waals surface area (Å²) in [5.41, 5.74) is 0.249. The van der Waals surface area contributed by atoms with Gasteiger partial charge >= 0.3 is 5.97 Å². The molecule has 0 aliphatic rings. The molecule has 0 bridgehead atoms. The van der Waals surface area contributed by atoms with Crippen LogP contribution in [0.15, 0.2) is 47.0 Å². The van der Waals surface area contributed by atoms with E-state index in [1.54, 1.807) is 24.3 Å². The summed E-state index contributed by atoms with van der Waals surface area (Å²) in [4.78, 5) is 15.8. The highest BCUT2D eigenvalue weighted by molar-refractivity contribution is 6.30. The Hall–Kier alpha value is -2.80. The van der Waals surface area contributed by atoms with Crippen LogP contribution in [0.5, 0.6) is 0 Å². The molecule has 3 rings (SSSR count). The van der Waals surface area contributed by atoms with Crippen molar-refractivity contribution in [2.75, 3.05) is 0 Å². The molecule has 0 saturated carbocycles. The van der Waals surface area contributed by atoms with Gasteiger partial charge in [-0.05, 0) is 24.3 Å². The van der Waals surface area contributed by atoms with E-state index in [0.717, 1.165) is 12.1 Å². The molecule has 1 heterocycles. The number of benzene rings is 2. The lowest BCUT2D eigenvalue weighted by atomic mass is 10.2. The van der Waals surface area contributed by atoms with E-state index in [4.69, 9.17) is 20.9 Å². The van der Waals surface area contributed by atoms with Gasteiger partial charge in [-0.25, -0.2) is 13.6 Å². The fourth-order valence-electron chi connectivity index (χ4n) is 1.92. The topological polar surface area (TPSA) is 65.2 Å². The minimum atomic E-state index is -1.01. The monoisotopic (exact) mass is 350 g/mol. The van der Waals surface area contributed by atoms with Crippen LogP contribution in [0.2, 0.25) is 5.02 Å². The molecule has 3 aromatic rings. The number of aromatic nitrogens is 2. The molecule has 0 radical (unpaired) electrons. The Morgan fingerprint density at radius 3 is 2.79 bits per heavy atom. The molecule has 8 heteroatoms. The number of halogens is 3. The van der Waals surface area contributed by atoms with E-state index in [0.29, 0.717) is 16.7 Å². The maximum absolute atomic E-state index is 13.5. The van der Waals surface area contributed by atoms with E-state index in [2.05, 4.69) is 10.1 Å². The van der Waals surface area contributed by atoms with Crippen LogP contribution in [0.3, 0.4) is 0 Å². The zero-order chi connectivity index (χ0) is 17.1. The molecule has 24 heavy (non-hydrogen) atoms. The smallest absolute Gasteiger partial charge is 0.341 e. The van der Waals surface area contributed by atoms with Gasteiger partial charge in [0.05, 0.1) is 5.56 Å². The number of carbonyl (C=O) groups excluding carboxylic acids is 1. The van der Waals surface area contributed by atoms with Crippen molar-refractivity contribution in [3.63, 3.8) is 0 Å². The number of carbonyl (C=O) groups is 1. The predicted molar refractivity (Wildman–Crippen MR) is 80.2 cm³/mol. The molecule has 0 unspecified atom stereocenters. The van der Waals surface area contributed by atoms with Crippen LogP contribution in [0.1, 0.15) is 16.2 Å². The molecule has 0 aliphatic heterocycles. The molecular weight excluding hydrogens is 342 g/mol. The van der Waals surface area contributed by atoms with Gasteiger partial charge in [0.1, 0.15) is 11.6 Å². The van der Waals surface area contributed by atoms with Gasteiger partial charge in [-0.15, -0.1) is 0 Å². The third-order valence-corrected chi connectivity index (χ3v) is 3.26. The molecule has 0 saturated heterocycles. The fourth-order valence-corrected chi connectivity index (χ4v) is 2.11. The van der Waals surface area contributed by atoms with Gasteiger partial charge in [0.2, 0.25) is 5.82 Å².